The lowest BCUT2D eigenvalue weighted by atomic mass is 10.5. The summed E-state index contributed by atoms with van der Waals surface area (Å²) in [6.45, 7) is 12.2. The summed E-state index contributed by atoms with van der Waals surface area (Å²) in [4.78, 5) is 0. The normalized spacial score (nSPS) is 7.24. The van der Waals surface area contributed by atoms with Crippen molar-refractivity contribution in [1.82, 2.24) is 0 Å². The van der Waals surface area contributed by atoms with Crippen molar-refractivity contribution in [2.45, 2.75) is 48.0 Å². The molecular formula is C19H36N2+2. The lowest BCUT2D eigenvalue weighted by Gasteiger charge is -1.77. The van der Waals surface area contributed by atoms with Crippen LogP contribution in [-0.4, -0.2) is 0 Å². The van der Waals surface area contributed by atoms with Crippen molar-refractivity contribution < 1.29 is 9.13 Å². The first-order valence-corrected chi connectivity index (χ1v) is 8.01. The van der Waals surface area contributed by atoms with E-state index in [0.29, 0.717) is 0 Å². The number of nitrogens with zero attached hydrogens (tertiary/aromatic N) is 2. The molecule has 2 heterocycles. The fourth-order valence-corrected chi connectivity index (χ4v) is 0.969. The SMILES string of the molecule is CC.CC.CCC.C[n+]1ccccc1.C[n+]1ccccc1. The zero-order valence-corrected chi connectivity index (χ0v) is 15.4. The smallest absolute Gasteiger partial charge is 0.168 e. The van der Waals surface area contributed by atoms with Crippen LogP contribution in [0.3, 0.4) is 0 Å². The number of aromatic nitrogens is 2. The van der Waals surface area contributed by atoms with Crippen molar-refractivity contribution in [3.63, 3.8) is 0 Å². The zero-order valence-electron chi connectivity index (χ0n) is 15.4. The maximum atomic E-state index is 2.12. The molecule has 0 aliphatic carbocycles. The summed E-state index contributed by atoms with van der Waals surface area (Å²) < 4.78 is 4.00. The van der Waals surface area contributed by atoms with E-state index < -0.39 is 0 Å². The molecule has 0 fully saturated rings. The number of pyridine rings is 2. The molecule has 2 nitrogen and oxygen atoms in total. The minimum absolute atomic E-state index is 1.25. The molecule has 0 bridgehead atoms. The van der Waals surface area contributed by atoms with E-state index in [-0.39, 0.29) is 0 Å². The van der Waals surface area contributed by atoms with Crippen LogP contribution in [0.4, 0.5) is 0 Å². The lowest BCUT2D eigenvalue weighted by molar-refractivity contribution is -0.671. The Hall–Kier alpha value is -1.70. The third-order valence-electron chi connectivity index (χ3n) is 1.73. The topological polar surface area (TPSA) is 7.76 Å². The second-order valence-electron chi connectivity index (χ2n) is 3.79. The molecule has 0 N–H and O–H groups in total. The Morgan fingerprint density at radius 3 is 0.810 bits per heavy atom. The Labute approximate surface area is 133 Å². The highest BCUT2D eigenvalue weighted by Gasteiger charge is 1.79. The standard InChI is InChI=1S/2C6H8N.C3H8.2C2H6/c2*1-7-5-3-2-4-6-7;1-3-2;2*1-2/h2*2-6H,1H3;3H2,1-2H3;2*1-2H3/q2*+1;;;. The molecule has 2 rings (SSSR count). The van der Waals surface area contributed by atoms with Crippen molar-refractivity contribution in [3.05, 3.63) is 61.2 Å². The predicted octanol–water partition coefficient (Wildman–Crippen LogP) is 4.49. The van der Waals surface area contributed by atoms with Gasteiger partial charge < -0.3 is 0 Å². The zero-order chi connectivity index (χ0) is 16.9. The molecule has 0 spiro atoms. The van der Waals surface area contributed by atoms with E-state index in [9.17, 15) is 0 Å². The molecule has 0 radical (unpaired) electrons. The second-order valence-corrected chi connectivity index (χ2v) is 3.79. The largest absolute Gasteiger partial charge is 0.208 e. The van der Waals surface area contributed by atoms with E-state index >= 15 is 0 Å². The van der Waals surface area contributed by atoms with Crippen LogP contribution in [0.2, 0.25) is 0 Å². The molecule has 0 saturated heterocycles. The van der Waals surface area contributed by atoms with Gasteiger partial charge in [0, 0.05) is 24.3 Å². The van der Waals surface area contributed by atoms with E-state index in [1.165, 1.54) is 6.42 Å². The second kappa shape index (κ2) is 23.4. The number of hydrogen-bond donors (Lipinski definition) is 0. The molecule has 0 aromatic carbocycles. The molecule has 0 atom stereocenters. The molecule has 0 saturated carbocycles. The predicted molar refractivity (Wildman–Crippen MR) is 93.9 cm³/mol. The maximum Gasteiger partial charge on any atom is 0.168 e. The van der Waals surface area contributed by atoms with Gasteiger partial charge in [-0.2, -0.15) is 0 Å². The Kier molecular flexibility index (Phi) is 27.1. The van der Waals surface area contributed by atoms with Gasteiger partial charge in [0.25, 0.3) is 0 Å². The van der Waals surface area contributed by atoms with Crippen molar-refractivity contribution in [2.24, 2.45) is 14.1 Å². The highest BCUT2D eigenvalue weighted by molar-refractivity contribution is 4.83. The van der Waals surface area contributed by atoms with E-state index in [4.69, 9.17) is 0 Å². The lowest BCUT2D eigenvalue weighted by Crippen LogP contribution is -2.25. The molecule has 2 heteroatoms. The number of aryl methyl sites for hydroxylation is 2. The molecule has 120 valence electrons. The minimum atomic E-state index is 1.25. The van der Waals surface area contributed by atoms with Gasteiger partial charge in [0.2, 0.25) is 0 Å². The van der Waals surface area contributed by atoms with E-state index in [1.54, 1.807) is 0 Å². The molecule has 0 amide bonds. The molecule has 2 aromatic heterocycles. The average Bonchev–Trinajstić information content (AvgIpc) is 2.54. The van der Waals surface area contributed by atoms with Crippen LogP contribution in [0, 0.1) is 0 Å². The van der Waals surface area contributed by atoms with Crippen LogP contribution in [0.25, 0.3) is 0 Å². The molecule has 21 heavy (non-hydrogen) atoms. The van der Waals surface area contributed by atoms with Crippen LogP contribution in [0.15, 0.2) is 61.2 Å². The Morgan fingerprint density at radius 2 is 0.714 bits per heavy atom. The van der Waals surface area contributed by atoms with Gasteiger partial charge in [-0.3, -0.25) is 0 Å². The van der Waals surface area contributed by atoms with Crippen molar-refractivity contribution in [3.8, 4) is 0 Å². The molecular weight excluding hydrogens is 256 g/mol. The number of rotatable bonds is 0. The Balaban J connectivity index is -0.000000219. The summed E-state index contributed by atoms with van der Waals surface area (Å²) >= 11 is 0. The van der Waals surface area contributed by atoms with Crippen LogP contribution < -0.4 is 9.13 Å². The van der Waals surface area contributed by atoms with Crippen LogP contribution >= 0.6 is 0 Å². The van der Waals surface area contributed by atoms with E-state index in [1.807, 2.05) is 112 Å². The van der Waals surface area contributed by atoms with Gasteiger partial charge in [-0.05, 0) is 0 Å². The molecule has 0 aliphatic rings. The van der Waals surface area contributed by atoms with Crippen molar-refractivity contribution >= 4 is 0 Å². The monoisotopic (exact) mass is 292 g/mol. The third kappa shape index (κ3) is 23.8. The quantitative estimate of drug-likeness (QED) is 0.632. The fourth-order valence-electron chi connectivity index (χ4n) is 0.969. The fraction of sp³-hybridized carbons (Fsp3) is 0.474. The summed E-state index contributed by atoms with van der Waals surface area (Å²) in [7, 11) is 4.00. The summed E-state index contributed by atoms with van der Waals surface area (Å²) in [5.41, 5.74) is 0. The van der Waals surface area contributed by atoms with Gasteiger partial charge in [0.1, 0.15) is 14.1 Å². The average molecular weight is 293 g/mol. The van der Waals surface area contributed by atoms with Gasteiger partial charge in [-0.15, -0.1) is 0 Å². The van der Waals surface area contributed by atoms with Crippen LogP contribution in [-0.2, 0) is 14.1 Å². The summed E-state index contributed by atoms with van der Waals surface area (Å²) in [5.74, 6) is 0. The highest BCUT2D eigenvalue weighted by Crippen LogP contribution is 1.72. The Morgan fingerprint density at radius 1 is 0.524 bits per heavy atom. The Bertz CT molecular complexity index is 320. The molecule has 2 aromatic rings. The minimum Gasteiger partial charge on any atom is -0.208 e. The van der Waals surface area contributed by atoms with Crippen molar-refractivity contribution in [1.29, 1.82) is 0 Å². The van der Waals surface area contributed by atoms with Crippen molar-refractivity contribution in [2.75, 3.05) is 0 Å². The summed E-state index contributed by atoms with van der Waals surface area (Å²) in [6.07, 6.45) is 9.25. The highest BCUT2D eigenvalue weighted by atomic mass is 14.9. The van der Waals surface area contributed by atoms with Gasteiger partial charge in [0.15, 0.2) is 24.8 Å². The first-order valence-electron chi connectivity index (χ1n) is 8.01. The van der Waals surface area contributed by atoms with E-state index in [2.05, 4.69) is 13.8 Å². The van der Waals surface area contributed by atoms with Gasteiger partial charge in [-0.1, -0.05) is 60.1 Å². The summed E-state index contributed by atoms with van der Waals surface area (Å²) in [5, 5.41) is 0. The van der Waals surface area contributed by atoms with Gasteiger partial charge in [0.05, 0.1) is 0 Å². The first-order chi connectivity index (χ1) is 10.2. The molecule has 0 unspecified atom stereocenters. The number of hydrogen-bond acceptors (Lipinski definition) is 0. The third-order valence-corrected chi connectivity index (χ3v) is 1.73. The summed E-state index contributed by atoms with van der Waals surface area (Å²) in [6, 6.07) is 12.0. The van der Waals surface area contributed by atoms with Gasteiger partial charge in [-0.25, -0.2) is 9.13 Å². The van der Waals surface area contributed by atoms with E-state index in [0.717, 1.165) is 0 Å². The molecule has 0 aliphatic heterocycles. The maximum absolute atomic E-state index is 2.12. The van der Waals surface area contributed by atoms with Crippen LogP contribution in [0.5, 0.6) is 0 Å². The van der Waals surface area contributed by atoms with Crippen LogP contribution in [0.1, 0.15) is 48.0 Å². The van der Waals surface area contributed by atoms with Gasteiger partial charge >= 0.3 is 0 Å². The first kappa shape index (κ1) is 24.3.